The minimum absolute atomic E-state index is 0.656. The number of aromatic nitrogens is 1. The van der Waals surface area contributed by atoms with Crippen molar-refractivity contribution in [3.8, 4) is 0 Å². The van der Waals surface area contributed by atoms with Crippen LogP contribution >= 0.6 is 0 Å². The van der Waals surface area contributed by atoms with E-state index in [1.165, 1.54) is 38.9 Å². The summed E-state index contributed by atoms with van der Waals surface area (Å²) in [7, 11) is 0. The molecule has 0 unspecified atom stereocenters. The first-order valence-corrected chi connectivity index (χ1v) is 6.22. The molecule has 1 aliphatic heterocycles. The molecule has 0 aliphatic carbocycles. The molecule has 1 N–H and O–H groups in total. The highest BCUT2D eigenvalue weighted by Gasteiger charge is 2.17. The second-order valence-corrected chi connectivity index (χ2v) is 4.53. The predicted octanol–water partition coefficient (Wildman–Crippen LogP) is 1.64. The molecule has 4 heteroatoms. The topological polar surface area (TPSA) is 41.3 Å². The van der Waals surface area contributed by atoms with Crippen LogP contribution in [0.3, 0.4) is 0 Å². The van der Waals surface area contributed by atoms with E-state index in [0.717, 1.165) is 12.1 Å². The third kappa shape index (κ3) is 3.32. The third-order valence-electron chi connectivity index (χ3n) is 3.21. The van der Waals surface area contributed by atoms with E-state index in [0.29, 0.717) is 6.04 Å². The average molecular weight is 223 g/mol. The Labute approximate surface area is 97.0 Å². The quantitative estimate of drug-likeness (QED) is 0.824. The molecule has 1 saturated heterocycles. The van der Waals surface area contributed by atoms with Crippen molar-refractivity contribution < 1.29 is 4.52 Å². The Morgan fingerprint density at radius 1 is 1.50 bits per heavy atom. The second kappa shape index (κ2) is 6.01. The van der Waals surface area contributed by atoms with Crippen LogP contribution in [0.25, 0.3) is 0 Å². The van der Waals surface area contributed by atoms with Gasteiger partial charge in [0.25, 0.3) is 0 Å². The van der Waals surface area contributed by atoms with E-state index < -0.39 is 0 Å². The van der Waals surface area contributed by atoms with Gasteiger partial charge in [0, 0.05) is 18.2 Å². The van der Waals surface area contributed by atoms with Gasteiger partial charge in [-0.25, -0.2) is 0 Å². The summed E-state index contributed by atoms with van der Waals surface area (Å²) in [5.74, 6) is 0. The van der Waals surface area contributed by atoms with Crippen molar-refractivity contribution in [1.82, 2.24) is 15.4 Å². The van der Waals surface area contributed by atoms with E-state index in [-0.39, 0.29) is 0 Å². The molecule has 1 aromatic rings. The predicted molar refractivity (Wildman–Crippen MR) is 63.1 cm³/mol. The Bertz CT molecular complexity index is 278. The standard InChI is InChI=1S/C12H21N3O/c1-2-5-15-6-3-12(4-7-15)13-8-11-9-14-16-10-11/h9-10,12-13H,2-8H2,1H3. The Morgan fingerprint density at radius 2 is 2.31 bits per heavy atom. The Kier molecular flexibility index (Phi) is 4.36. The maximum Gasteiger partial charge on any atom is 0.128 e. The van der Waals surface area contributed by atoms with Gasteiger partial charge in [0.05, 0.1) is 6.20 Å². The molecule has 1 fully saturated rings. The van der Waals surface area contributed by atoms with Crippen LogP contribution in [0.5, 0.6) is 0 Å². The van der Waals surface area contributed by atoms with E-state index in [1.54, 1.807) is 12.5 Å². The summed E-state index contributed by atoms with van der Waals surface area (Å²) in [5.41, 5.74) is 1.14. The summed E-state index contributed by atoms with van der Waals surface area (Å²) >= 11 is 0. The van der Waals surface area contributed by atoms with E-state index in [2.05, 4.69) is 22.3 Å². The summed E-state index contributed by atoms with van der Waals surface area (Å²) in [6.07, 6.45) is 7.26. The zero-order valence-electron chi connectivity index (χ0n) is 9.98. The summed E-state index contributed by atoms with van der Waals surface area (Å²) in [4.78, 5) is 2.55. The van der Waals surface area contributed by atoms with E-state index in [1.807, 2.05) is 0 Å². The lowest BCUT2D eigenvalue weighted by atomic mass is 10.0. The molecule has 0 aromatic carbocycles. The van der Waals surface area contributed by atoms with Crippen LogP contribution in [-0.2, 0) is 6.54 Å². The highest BCUT2D eigenvalue weighted by Crippen LogP contribution is 2.11. The summed E-state index contributed by atoms with van der Waals surface area (Å²) in [6, 6.07) is 0.656. The van der Waals surface area contributed by atoms with Crippen molar-refractivity contribution in [3.05, 3.63) is 18.0 Å². The lowest BCUT2D eigenvalue weighted by molar-refractivity contribution is 0.197. The van der Waals surface area contributed by atoms with Crippen molar-refractivity contribution in [2.75, 3.05) is 19.6 Å². The molecular formula is C12H21N3O. The number of likely N-dealkylation sites (tertiary alicyclic amines) is 1. The molecule has 90 valence electrons. The molecule has 0 bridgehead atoms. The highest BCUT2D eigenvalue weighted by atomic mass is 16.5. The fourth-order valence-corrected chi connectivity index (χ4v) is 2.25. The van der Waals surface area contributed by atoms with E-state index in [9.17, 15) is 0 Å². The zero-order valence-corrected chi connectivity index (χ0v) is 9.98. The van der Waals surface area contributed by atoms with Gasteiger partial charge in [-0.1, -0.05) is 12.1 Å². The van der Waals surface area contributed by atoms with Gasteiger partial charge in [-0.05, 0) is 38.9 Å². The van der Waals surface area contributed by atoms with Crippen LogP contribution in [0.1, 0.15) is 31.7 Å². The van der Waals surface area contributed by atoms with Crippen LogP contribution in [0.2, 0.25) is 0 Å². The molecule has 2 heterocycles. The molecule has 2 rings (SSSR count). The molecule has 0 spiro atoms. The van der Waals surface area contributed by atoms with Crippen LogP contribution in [0.4, 0.5) is 0 Å². The molecule has 1 aliphatic rings. The maximum absolute atomic E-state index is 4.81. The number of hydrogen-bond donors (Lipinski definition) is 1. The first-order valence-electron chi connectivity index (χ1n) is 6.22. The van der Waals surface area contributed by atoms with E-state index in [4.69, 9.17) is 4.52 Å². The zero-order chi connectivity index (χ0) is 11.2. The third-order valence-corrected chi connectivity index (χ3v) is 3.21. The van der Waals surface area contributed by atoms with Crippen molar-refractivity contribution in [2.24, 2.45) is 0 Å². The van der Waals surface area contributed by atoms with Gasteiger partial charge in [0.2, 0.25) is 0 Å². The molecule has 0 saturated carbocycles. The molecule has 4 nitrogen and oxygen atoms in total. The molecular weight excluding hydrogens is 202 g/mol. The van der Waals surface area contributed by atoms with Crippen LogP contribution < -0.4 is 5.32 Å². The van der Waals surface area contributed by atoms with Crippen molar-refractivity contribution in [3.63, 3.8) is 0 Å². The fourth-order valence-electron chi connectivity index (χ4n) is 2.25. The van der Waals surface area contributed by atoms with Crippen LogP contribution in [0, 0.1) is 0 Å². The monoisotopic (exact) mass is 223 g/mol. The Balaban J connectivity index is 1.65. The van der Waals surface area contributed by atoms with Gasteiger partial charge in [0.15, 0.2) is 0 Å². The van der Waals surface area contributed by atoms with Crippen LogP contribution in [0.15, 0.2) is 17.0 Å². The first-order chi connectivity index (χ1) is 7.88. The van der Waals surface area contributed by atoms with E-state index >= 15 is 0 Å². The number of rotatable bonds is 5. The highest BCUT2D eigenvalue weighted by molar-refractivity contribution is 4.99. The number of nitrogens with zero attached hydrogens (tertiary/aromatic N) is 2. The molecule has 0 radical (unpaired) electrons. The second-order valence-electron chi connectivity index (χ2n) is 4.53. The molecule has 1 aromatic heterocycles. The Hall–Kier alpha value is -0.870. The average Bonchev–Trinajstić information content (AvgIpc) is 2.82. The summed E-state index contributed by atoms with van der Waals surface area (Å²) in [5, 5.41) is 7.26. The minimum Gasteiger partial charge on any atom is -0.364 e. The first kappa shape index (κ1) is 11.6. The molecule has 16 heavy (non-hydrogen) atoms. The van der Waals surface area contributed by atoms with Crippen molar-refractivity contribution >= 4 is 0 Å². The van der Waals surface area contributed by atoms with Gasteiger partial charge in [-0.15, -0.1) is 0 Å². The number of hydrogen-bond acceptors (Lipinski definition) is 4. The largest absolute Gasteiger partial charge is 0.364 e. The van der Waals surface area contributed by atoms with Crippen molar-refractivity contribution in [2.45, 2.75) is 38.8 Å². The van der Waals surface area contributed by atoms with Crippen molar-refractivity contribution in [1.29, 1.82) is 0 Å². The minimum atomic E-state index is 0.656. The lowest BCUT2D eigenvalue weighted by Crippen LogP contribution is -2.42. The maximum atomic E-state index is 4.81. The van der Waals surface area contributed by atoms with Gasteiger partial charge in [-0.2, -0.15) is 0 Å². The molecule has 0 atom stereocenters. The number of piperidine rings is 1. The Morgan fingerprint density at radius 3 is 2.94 bits per heavy atom. The van der Waals surface area contributed by atoms with Gasteiger partial charge in [-0.3, -0.25) is 0 Å². The normalized spacial score (nSPS) is 19.1. The summed E-state index contributed by atoms with van der Waals surface area (Å²) in [6.45, 7) is 6.83. The fraction of sp³-hybridized carbons (Fsp3) is 0.750. The smallest absolute Gasteiger partial charge is 0.128 e. The van der Waals surface area contributed by atoms with Gasteiger partial charge in [0.1, 0.15) is 6.26 Å². The summed E-state index contributed by atoms with van der Waals surface area (Å²) < 4.78 is 4.81. The SMILES string of the molecule is CCCN1CCC(NCc2cnoc2)CC1. The van der Waals surface area contributed by atoms with Gasteiger partial charge >= 0.3 is 0 Å². The van der Waals surface area contributed by atoms with Crippen LogP contribution in [-0.4, -0.2) is 35.7 Å². The lowest BCUT2D eigenvalue weighted by Gasteiger charge is -2.32. The molecule has 0 amide bonds. The van der Waals surface area contributed by atoms with Gasteiger partial charge < -0.3 is 14.7 Å². The number of nitrogens with one attached hydrogen (secondary N) is 1.